The lowest BCUT2D eigenvalue weighted by Gasteiger charge is -2.25. The second kappa shape index (κ2) is 10.5. The molecule has 29 heavy (non-hydrogen) atoms. The molecule has 0 aromatic heterocycles. The normalized spacial score (nSPS) is 11.7. The van der Waals surface area contributed by atoms with Gasteiger partial charge in [0.05, 0.1) is 13.2 Å². The van der Waals surface area contributed by atoms with Crippen molar-refractivity contribution in [2.24, 2.45) is 0 Å². The Balaban J connectivity index is 1.93. The molecular formula is C22H30N4O3. The third-order valence-corrected chi connectivity index (χ3v) is 4.71. The quantitative estimate of drug-likeness (QED) is 0.664. The molecule has 7 nitrogen and oxygen atoms in total. The monoisotopic (exact) mass is 398 g/mol. The summed E-state index contributed by atoms with van der Waals surface area (Å²) in [6.07, 6.45) is 0. The summed E-state index contributed by atoms with van der Waals surface area (Å²) in [4.78, 5) is 28.5. The van der Waals surface area contributed by atoms with E-state index in [1.807, 2.05) is 86.5 Å². The van der Waals surface area contributed by atoms with Gasteiger partial charge in [0.25, 0.3) is 0 Å². The number of para-hydroxylation sites is 1. The number of benzene rings is 2. The molecule has 0 saturated heterocycles. The van der Waals surface area contributed by atoms with Gasteiger partial charge in [-0.3, -0.25) is 9.59 Å². The van der Waals surface area contributed by atoms with E-state index in [1.54, 1.807) is 7.11 Å². The standard InChI is InChI=1S/C22H30N4O3/c1-25(2)18-12-10-16(11-13-18)19(26(3)4)15-24-22(28)21(27)23-14-17-8-6-7-9-20(17)29-5/h6-13,19H,14-15H2,1-5H3,(H,23,27)(H,24,28)/t19-/m0/s1. The van der Waals surface area contributed by atoms with Gasteiger partial charge in [0.2, 0.25) is 0 Å². The number of anilines is 1. The van der Waals surface area contributed by atoms with Gasteiger partial charge in [-0.25, -0.2) is 0 Å². The molecule has 0 unspecified atom stereocenters. The summed E-state index contributed by atoms with van der Waals surface area (Å²) in [7, 11) is 9.43. The fraction of sp³-hybridized carbons (Fsp3) is 0.364. The Bertz CT molecular complexity index is 819. The van der Waals surface area contributed by atoms with Crippen molar-refractivity contribution in [3.05, 3.63) is 59.7 Å². The summed E-state index contributed by atoms with van der Waals surface area (Å²) in [5, 5.41) is 5.37. The van der Waals surface area contributed by atoms with Crippen LogP contribution in [0.2, 0.25) is 0 Å². The largest absolute Gasteiger partial charge is 0.496 e. The molecule has 2 amide bonds. The molecule has 0 spiro atoms. The molecule has 2 rings (SSSR count). The Labute approximate surface area is 172 Å². The highest BCUT2D eigenvalue weighted by Gasteiger charge is 2.19. The summed E-state index contributed by atoms with van der Waals surface area (Å²) in [5.74, 6) is -0.657. The Morgan fingerprint density at radius 2 is 1.55 bits per heavy atom. The van der Waals surface area contributed by atoms with Crippen molar-refractivity contribution < 1.29 is 14.3 Å². The first-order valence-corrected chi connectivity index (χ1v) is 9.45. The van der Waals surface area contributed by atoms with E-state index in [1.165, 1.54) is 0 Å². The third kappa shape index (κ3) is 6.22. The highest BCUT2D eigenvalue weighted by Crippen LogP contribution is 2.21. The van der Waals surface area contributed by atoms with Gasteiger partial charge in [-0.1, -0.05) is 30.3 Å². The number of ether oxygens (including phenoxy) is 1. The molecule has 0 aliphatic carbocycles. The number of carbonyl (C=O) groups is 2. The van der Waals surface area contributed by atoms with Gasteiger partial charge in [0.15, 0.2) is 0 Å². The van der Waals surface area contributed by atoms with Crippen molar-refractivity contribution in [3.8, 4) is 5.75 Å². The van der Waals surface area contributed by atoms with Gasteiger partial charge in [-0.15, -0.1) is 0 Å². The van der Waals surface area contributed by atoms with Gasteiger partial charge in [-0.2, -0.15) is 0 Å². The van der Waals surface area contributed by atoms with Crippen LogP contribution in [-0.2, 0) is 16.1 Å². The minimum Gasteiger partial charge on any atom is -0.496 e. The van der Waals surface area contributed by atoms with E-state index in [2.05, 4.69) is 10.6 Å². The minimum atomic E-state index is -0.670. The zero-order valence-electron chi connectivity index (χ0n) is 17.7. The first-order chi connectivity index (χ1) is 13.8. The predicted molar refractivity (Wildman–Crippen MR) is 115 cm³/mol. The average molecular weight is 399 g/mol. The van der Waals surface area contributed by atoms with E-state index < -0.39 is 11.8 Å². The number of carbonyl (C=O) groups excluding carboxylic acids is 2. The summed E-state index contributed by atoms with van der Waals surface area (Å²) in [5.41, 5.74) is 2.98. The number of nitrogens with one attached hydrogen (secondary N) is 2. The molecule has 2 aromatic rings. The van der Waals surface area contributed by atoms with Gasteiger partial charge >= 0.3 is 11.8 Å². The minimum absolute atomic E-state index is 0.0443. The maximum atomic E-state index is 12.2. The summed E-state index contributed by atoms with van der Waals surface area (Å²) in [6.45, 7) is 0.550. The predicted octanol–water partition coefficient (Wildman–Crippen LogP) is 1.80. The fourth-order valence-electron chi connectivity index (χ4n) is 2.97. The van der Waals surface area contributed by atoms with Crippen LogP contribution < -0.4 is 20.3 Å². The van der Waals surface area contributed by atoms with Crippen LogP contribution >= 0.6 is 0 Å². The van der Waals surface area contributed by atoms with Crippen molar-refractivity contribution in [2.75, 3.05) is 46.7 Å². The molecule has 0 aliphatic heterocycles. The molecule has 0 fully saturated rings. The van der Waals surface area contributed by atoms with Crippen molar-refractivity contribution >= 4 is 17.5 Å². The van der Waals surface area contributed by atoms with E-state index in [9.17, 15) is 9.59 Å². The maximum absolute atomic E-state index is 12.2. The lowest BCUT2D eigenvalue weighted by Crippen LogP contribution is -2.42. The average Bonchev–Trinajstić information content (AvgIpc) is 2.72. The number of methoxy groups -OCH3 is 1. The number of likely N-dealkylation sites (N-methyl/N-ethyl adjacent to an activating group) is 1. The Hall–Kier alpha value is -3.06. The molecule has 156 valence electrons. The van der Waals surface area contributed by atoms with Crippen LogP contribution in [0.3, 0.4) is 0 Å². The van der Waals surface area contributed by atoms with E-state index in [-0.39, 0.29) is 12.6 Å². The van der Waals surface area contributed by atoms with Crippen LogP contribution in [0.1, 0.15) is 17.2 Å². The number of hydrogen-bond donors (Lipinski definition) is 2. The highest BCUT2D eigenvalue weighted by molar-refractivity contribution is 6.35. The maximum Gasteiger partial charge on any atom is 0.309 e. The molecular weight excluding hydrogens is 368 g/mol. The number of nitrogens with zero attached hydrogens (tertiary/aromatic N) is 2. The number of rotatable bonds is 8. The molecule has 0 radical (unpaired) electrons. The summed E-state index contributed by atoms with van der Waals surface area (Å²) >= 11 is 0. The zero-order valence-corrected chi connectivity index (χ0v) is 17.7. The van der Waals surface area contributed by atoms with Crippen LogP contribution in [0.15, 0.2) is 48.5 Å². The number of hydrogen-bond acceptors (Lipinski definition) is 5. The SMILES string of the molecule is COc1ccccc1CNC(=O)C(=O)NC[C@@H](c1ccc(N(C)C)cc1)N(C)C. The second-order valence-corrected chi connectivity index (χ2v) is 7.17. The van der Waals surface area contributed by atoms with E-state index >= 15 is 0 Å². The molecule has 0 bridgehead atoms. The Morgan fingerprint density at radius 3 is 2.14 bits per heavy atom. The van der Waals surface area contributed by atoms with Crippen LogP contribution in [0.5, 0.6) is 5.75 Å². The van der Waals surface area contributed by atoms with Gasteiger partial charge in [-0.05, 0) is 37.9 Å². The molecule has 1 atom stereocenters. The van der Waals surface area contributed by atoms with Crippen molar-refractivity contribution in [1.82, 2.24) is 15.5 Å². The van der Waals surface area contributed by atoms with E-state index in [0.29, 0.717) is 12.3 Å². The van der Waals surface area contributed by atoms with Crippen LogP contribution in [0, 0.1) is 0 Å². The topological polar surface area (TPSA) is 73.9 Å². The third-order valence-electron chi connectivity index (χ3n) is 4.71. The van der Waals surface area contributed by atoms with E-state index in [0.717, 1.165) is 16.8 Å². The second-order valence-electron chi connectivity index (χ2n) is 7.17. The van der Waals surface area contributed by atoms with Crippen molar-refractivity contribution in [3.63, 3.8) is 0 Å². The lowest BCUT2D eigenvalue weighted by atomic mass is 10.1. The molecule has 0 aliphatic rings. The summed E-state index contributed by atoms with van der Waals surface area (Å²) < 4.78 is 5.26. The van der Waals surface area contributed by atoms with Crippen molar-refractivity contribution in [2.45, 2.75) is 12.6 Å². The molecule has 2 aromatic carbocycles. The van der Waals surface area contributed by atoms with Crippen LogP contribution in [-0.4, -0.2) is 58.6 Å². The first-order valence-electron chi connectivity index (χ1n) is 9.45. The van der Waals surface area contributed by atoms with Crippen LogP contribution in [0.4, 0.5) is 5.69 Å². The molecule has 2 N–H and O–H groups in total. The van der Waals surface area contributed by atoms with Crippen molar-refractivity contribution in [1.29, 1.82) is 0 Å². The number of amides is 2. The smallest absolute Gasteiger partial charge is 0.309 e. The molecule has 7 heteroatoms. The Kier molecular flexibility index (Phi) is 8.03. The fourth-order valence-corrected chi connectivity index (χ4v) is 2.97. The highest BCUT2D eigenvalue weighted by atomic mass is 16.5. The van der Waals surface area contributed by atoms with Gasteiger partial charge in [0.1, 0.15) is 5.75 Å². The van der Waals surface area contributed by atoms with Crippen LogP contribution in [0.25, 0.3) is 0 Å². The van der Waals surface area contributed by atoms with E-state index in [4.69, 9.17) is 4.74 Å². The Morgan fingerprint density at radius 1 is 0.931 bits per heavy atom. The zero-order chi connectivity index (χ0) is 21.4. The first kappa shape index (κ1) is 22.2. The molecule has 0 saturated carbocycles. The molecule has 0 heterocycles. The lowest BCUT2D eigenvalue weighted by molar-refractivity contribution is -0.139. The summed E-state index contributed by atoms with van der Waals surface area (Å²) in [6, 6.07) is 15.5. The van der Waals surface area contributed by atoms with Gasteiger partial charge < -0.3 is 25.2 Å². The van der Waals surface area contributed by atoms with Gasteiger partial charge in [0, 0.05) is 38.4 Å².